The van der Waals surface area contributed by atoms with Crippen molar-refractivity contribution >= 4 is 5.91 Å². The van der Waals surface area contributed by atoms with Crippen molar-refractivity contribution in [3.8, 4) is 11.6 Å². The van der Waals surface area contributed by atoms with Gasteiger partial charge in [0.2, 0.25) is 0 Å². The molecule has 0 aliphatic heterocycles. The summed E-state index contributed by atoms with van der Waals surface area (Å²) >= 11 is 0. The molecule has 0 aliphatic carbocycles. The number of nitrogens with zero attached hydrogens (tertiary/aromatic N) is 1. The van der Waals surface area contributed by atoms with Crippen molar-refractivity contribution in [3.63, 3.8) is 0 Å². The highest BCUT2D eigenvalue weighted by molar-refractivity contribution is 5.94. The van der Waals surface area contributed by atoms with Crippen molar-refractivity contribution in [2.24, 2.45) is 5.41 Å². The number of carbonyl (C=O) groups excluding carboxylic acids is 1. The molecule has 2 aromatic rings. The maximum atomic E-state index is 13.2. The molecule has 0 radical (unpaired) electrons. The minimum Gasteiger partial charge on any atom is -0.491 e. The summed E-state index contributed by atoms with van der Waals surface area (Å²) in [7, 11) is 1.48. The molecule has 0 atom stereocenters. The summed E-state index contributed by atoms with van der Waals surface area (Å²) in [5, 5.41) is 2.87. The van der Waals surface area contributed by atoms with Crippen LogP contribution in [0.2, 0.25) is 0 Å². The molecule has 0 saturated carbocycles. The predicted molar refractivity (Wildman–Crippen MR) is 97.9 cm³/mol. The van der Waals surface area contributed by atoms with Gasteiger partial charge in [0.15, 0.2) is 5.75 Å². The van der Waals surface area contributed by atoms with Crippen LogP contribution in [0, 0.1) is 11.2 Å². The van der Waals surface area contributed by atoms with Gasteiger partial charge in [0.05, 0.1) is 12.7 Å². The first-order chi connectivity index (χ1) is 12.3. The van der Waals surface area contributed by atoms with Gasteiger partial charge in [-0.2, -0.15) is 0 Å². The van der Waals surface area contributed by atoms with Crippen molar-refractivity contribution in [3.05, 3.63) is 53.5 Å². The van der Waals surface area contributed by atoms with Gasteiger partial charge >= 0.3 is 0 Å². The van der Waals surface area contributed by atoms with Gasteiger partial charge in [0.1, 0.15) is 12.4 Å². The SMILES string of the molecule is COc1cc(C(=O)NCCC(C)(C)C)cnc1OCc1cccc(F)c1. The number of ether oxygens (including phenoxy) is 2. The van der Waals surface area contributed by atoms with Gasteiger partial charge in [0.25, 0.3) is 11.8 Å². The van der Waals surface area contributed by atoms with Crippen LogP contribution >= 0.6 is 0 Å². The number of rotatable bonds is 7. The Morgan fingerprint density at radius 2 is 2.04 bits per heavy atom. The first kappa shape index (κ1) is 19.7. The zero-order valence-electron chi connectivity index (χ0n) is 15.6. The highest BCUT2D eigenvalue weighted by Crippen LogP contribution is 2.26. The third-order valence-electron chi connectivity index (χ3n) is 3.73. The Kier molecular flexibility index (Phi) is 6.55. The highest BCUT2D eigenvalue weighted by Gasteiger charge is 2.14. The van der Waals surface area contributed by atoms with E-state index in [-0.39, 0.29) is 29.6 Å². The number of methoxy groups -OCH3 is 1. The number of nitrogens with one attached hydrogen (secondary N) is 1. The Hall–Kier alpha value is -2.63. The van der Waals surface area contributed by atoms with Crippen LogP contribution < -0.4 is 14.8 Å². The van der Waals surface area contributed by atoms with E-state index in [1.54, 1.807) is 18.2 Å². The van der Waals surface area contributed by atoms with E-state index < -0.39 is 0 Å². The minimum atomic E-state index is -0.326. The molecule has 1 aromatic carbocycles. The maximum Gasteiger partial charge on any atom is 0.257 e. The molecule has 1 amide bonds. The van der Waals surface area contributed by atoms with Crippen LogP contribution in [0.25, 0.3) is 0 Å². The summed E-state index contributed by atoms with van der Waals surface area (Å²) in [5.41, 5.74) is 1.23. The third kappa shape index (κ3) is 6.02. The maximum absolute atomic E-state index is 13.2. The zero-order chi connectivity index (χ0) is 19.2. The Labute approximate surface area is 153 Å². The second-order valence-electron chi connectivity index (χ2n) is 7.22. The van der Waals surface area contributed by atoms with E-state index in [1.807, 2.05) is 0 Å². The van der Waals surface area contributed by atoms with Crippen molar-refractivity contribution in [1.82, 2.24) is 10.3 Å². The van der Waals surface area contributed by atoms with E-state index >= 15 is 0 Å². The predicted octanol–water partition coefficient (Wildman–Crippen LogP) is 3.97. The first-order valence-electron chi connectivity index (χ1n) is 8.48. The van der Waals surface area contributed by atoms with Gasteiger partial charge in [-0.1, -0.05) is 32.9 Å². The smallest absolute Gasteiger partial charge is 0.257 e. The second-order valence-corrected chi connectivity index (χ2v) is 7.22. The van der Waals surface area contributed by atoms with Crippen LogP contribution in [0.1, 0.15) is 43.1 Å². The molecule has 2 rings (SSSR count). The number of benzene rings is 1. The van der Waals surface area contributed by atoms with Gasteiger partial charge in [-0.15, -0.1) is 0 Å². The van der Waals surface area contributed by atoms with E-state index in [1.165, 1.54) is 25.4 Å². The Morgan fingerprint density at radius 3 is 2.69 bits per heavy atom. The molecule has 5 nitrogen and oxygen atoms in total. The second kappa shape index (κ2) is 8.65. The fourth-order valence-electron chi connectivity index (χ4n) is 2.24. The molecular formula is C20H25FN2O3. The van der Waals surface area contributed by atoms with E-state index in [0.29, 0.717) is 23.4 Å². The molecule has 0 bridgehead atoms. The number of aromatic nitrogens is 1. The van der Waals surface area contributed by atoms with E-state index in [4.69, 9.17) is 9.47 Å². The fourth-order valence-corrected chi connectivity index (χ4v) is 2.24. The first-order valence-corrected chi connectivity index (χ1v) is 8.48. The Balaban J connectivity index is 2.01. The normalized spacial score (nSPS) is 11.1. The number of pyridine rings is 1. The Bertz CT molecular complexity index is 757. The molecule has 0 aliphatic rings. The number of carbonyl (C=O) groups is 1. The largest absolute Gasteiger partial charge is 0.491 e. The lowest BCUT2D eigenvalue weighted by Crippen LogP contribution is -2.27. The molecule has 1 N–H and O–H groups in total. The summed E-state index contributed by atoms with van der Waals surface area (Å²) in [6.45, 7) is 7.10. The lowest BCUT2D eigenvalue weighted by Gasteiger charge is -2.18. The van der Waals surface area contributed by atoms with Gasteiger partial charge in [0, 0.05) is 18.8 Å². The van der Waals surface area contributed by atoms with Crippen molar-refractivity contribution < 1.29 is 18.7 Å². The monoisotopic (exact) mass is 360 g/mol. The number of hydrogen-bond acceptors (Lipinski definition) is 4. The van der Waals surface area contributed by atoms with Gasteiger partial charge < -0.3 is 14.8 Å². The lowest BCUT2D eigenvalue weighted by molar-refractivity contribution is 0.0948. The average molecular weight is 360 g/mol. The molecule has 140 valence electrons. The number of amides is 1. The highest BCUT2D eigenvalue weighted by atomic mass is 19.1. The van der Waals surface area contributed by atoms with Crippen LogP contribution in [-0.4, -0.2) is 24.5 Å². The number of halogens is 1. The molecule has 0 fully saturated rings. The summed E-state index contributed by atoms with van der Waals surface area (Å²) in [5.74, 6) is 0.0675. The van der Waals surface area contributed by atoms with Gasteiger partial charge in [-0.25, -0.2) is 9.37 Å². The van der Waals surface area contributed by atoms with Crippen LogP contribution in [0.3, 0.4) is 0 Å². The summed E-state index contributed by atoms with van der Waals surface area (Å²) in [6.07, 6.45) is 2.31. The summed E-state index contributed by atoms with van der Waals surface area (Å²) < 4.78 is 24.1. The quantitative estimate of drug-likeness (QED) is 0.811. The van der Waals surface area contributed by atoms with E-state index in [0.717, 1.165) is 6.42 Å². The third-order valence-corrected chi connectivity index (χ3v) is 3.73. The summed E-state index contributed by atoms with van der Waals surface area (Å²) in [6, 6.07) is 7.72. The molecule has 1 aromatic heterocycles. The minimum absolute atomic E-state index is 0.151. The number of hydrogen-bond donors (Lipinski definition) is 1. The van der Waals surface area contributed by atoms with Gasteiger partial charge in [-0.05, 0) is 29.5 Å². The molecule has 1 heterocycles. The zero-order valence-corrected chi connectivity index (χ0v) is 15.6. The summed E-state index contributed by atoms with van der Waals surface area (Å²) in [4.78, 5) is 16.4. The molecule has 0 unspecified atom stereocenters. The van der Waals surface area contributed by atoms with Gasteiger partial charge in [-0.3, -0.25) is 4.79 Å². The fraction of sp³-hybridized carbons (Fsp3) is 0.400. The lowest BCUT2D eigenvalue weighted by atomic mass is 9.92. The topological polar surface area (TPSA) is 60.5 Å². The van der Waals surface area contributed by atoms with Crippen LogP contribution in [-0.2, 0) is 6.61 Å². The van der Waals surface area contributed by atoms with Crippen LogP contribution in [0.4, 0.5) is 4.39 Å². The van der Waals surface area contributed by atoms with Crippen molar-refractivity contribution in [2.75, 3.05) is 13.7 Å². The Morgan fingerprint density at radius 1 is 1.27 bits per heavy atom. The van der Waals surface area contributed by atoms with Crippen molar-refractivity contribution in [1.29, 1.82) is 0 Å². The molecule has 0 saturated heterocycles. The molecule has 0 spiro atoms. The standard InChI is InChI=1S/C20H25FN2O3/c1-20(2,3)8-9-22-18(24)15-11-17(25-4)19(23-12-15)26-13-14-6-5-7-16(21)10-14/h5-7,10-12H,8-9,13H2,1-4H3,(H,22,24). The molecule has 26 heavy (non-hydrogen) atoms. The molecule has 6 heteroatoms. The van der Waals surface area contributed by atoms with Crippen molar-refractivity contribution in [2.45, 2.75) is 33.8 Å². The van der Waals surface area contributed by atoms with Crippen LogP contribution in [0.5, 0.6) is 11.6 Å². The van der Waals surface area contributed by atoms with E-state index in [9.17, 15) is 9.18 Å². The van der Waals surface area contributed by atoms with E-state index in [2.05, 4.69) is 31.1 Å². The average Bonchev–Trinajstić information content (AvgIpc) is 2.58. The molecular weight excluding hydrogens is 335 g/mol. The van der Waals surface area contributed by atoms with Crippen LogP contribution in [0.15, 0.2) is 36.5 Å².